The summed E-state index contributed by atoms with van der Waals surface area (Å²) in [6, 6.07) is 17.8. The van der Waals surface area contributed by atoms with E-state index in [1.54, 1.807) is 17.2 Å². The summed E-state index contributed by atoms with van der Waals surface area (Å²) < 4.78 is 0. The molecule has 3 nitrogen and oxygen atoms in total. The van der Waals surface area contributed by atoms with Gasteiger partial charge in [0.05, 0.1) is 33.4 Å². The van der Waals surface area contributed by atoms with Gasteiger partial charge in [0.2, 0.25) is 5.91 Å². The van der Waals surface area contributed by atoms with Crippen LogP contribution in [0.3, 0.4) is 0 Å². The second-order valence-corrected chi connectivity index (χ2v) is 9.28. The highest BCUT2D eigenvalue weighted by molar-refractivity contribution is 6.44. The second kappa shape index (κ2) is 9.17. The van der Waals surface area contributed by atoms with E-state index in [1.165, 1.54) is 0 Å². The van der Waals surface area contributed by atoms with Gasteiger partial charge >= 0.3 is 0 Å². The molecule has 0 N–H and O–H groups in total. The Morgan fingerprint density at radius 1 is 0.939 bits per heavy atom. The molecule has 4 rings (SSSR count). The van der Waals surface area contributed by atoms with Gasteiger partial charge in [-0.15, -0.1) is 0 Å². The summed E-state index contributed by atoms with van der Waals surface area (Å²) in [5, 5.41) is 2.00. The summed E-state index contributed by atoms with van der Waals surface area (Å²) in [7, 11) is 1.82. The molecule has 1 aromatic heterocycles. The summed E-state index contributed by atoms with van der Waals surface area (Å²) in [5.74, 6) is -0.232. The van der Waals surface area contributed by atoms with Crippen LogP contribution in [0.1, 0.15) is 35.1 Å². The van der Waals surface area contributed by atoms with Gasteiger partial charge in [0.25, 0.3) is 0 Å². The van der Waals surface area contributed by atoms with Crippen molar-refractivity contribution in [3.63, 3.8) is 0 Å². The molecule has 3 aromatic carbocycles. The second-order valence-electron chi connectivity index (χ2n) is 8.50. The van der Waals surface area contributed by atoms with Crippen molar-refractivity contribution in [2.75, 3.05) is 11.9 Å². The fraction of sp³-hybridized carbons (Fsp3) is 0.214. The van der Waals surface area contributed by atoms with Crippen molar-refractivity contribution in [2.45, 2.75) is 33.6 Å². The minimum absolute atomic E-state index is 0.0266. The first kappa shape index (κ1) is 23.3. The summed E-state index contributed by atoms with van der Waals surface area (Å²) in [4.78, 5) is 19.9. The fourth-order valence-corrected chi connectivity index (χ4v) is 4.87. The Kier molecular flexibility index (Phi) is 6.47. The molecule has 0 spiro atoms. The van der Waals surface area contributed by atoms with E-state index in [0.29, 0.717) is 10.0 Å². The number of halogens is 2. The maximum Gasteiger partial charge on any atom is 0.234 e. The molecular formula is C28H26Cl2N2O. The lowest BCUT2D eigenvalue weighted by molar-refractivity contribution is -0.119. The molecule has 1 unspecified atom stereocenters. The van der Waals surface area contributed by atoms with E-state index in [1.807, 2.05) is 71.1 Å². The average molecular weight is 477 g/mol. The van der Waals surface area contributed by atoms with Crippen LogP contribution in [0.25, 0.3) is 22.0 Å². The van der Waals surface area contributed by atoms with Crippen LogP contribution in [0.5, 0.6) is 0 Å². The van der Waals surface area contributed by atoms with Crippen LogP contribution < -0.4 is 4.90 Å². The molecule has 0 aliphatic rings. The lowest BCUT2D eigenvalue weighted by Gasteiger charge is -2.25. The first-order chi connectivity index (χ1) is 15.7. The topological polar surface area (TPSA) is 33.2 Å². The van der Waals surface area contributed by atoms with Crippen LogP contribution in [0, 0.1) is 20.8 Å². The number of rotatable bonds is 4. The predicted molar refractivity (Wildman–Crippen MR) is 140 cm³/mol. The number of hydrogen-bond donors (Lipinski definition) is 0. The van der Waals surface area contributed by atoms with Gasteiger partial charge in [-0.1, -0.05) is 71.7 Å². The fourth-order valence-electron chi connectivity index (χ4n) is 4.48. The number of fused-ring (bicyclic) bond motifs is 1. The van der Waals surface area contributed by atoms with Crippen molar-refractivity contribution in [1.29, 1.82) is 0 Å². The average Bonchev–Trinajstić information content (AvgIpc) is 2.80. The third-order valence-corrected chi connectivity index (χ3v) is 7.25. The number of benzene rings is 3. The maximum atomic E-state index is 13.4. The molecular weight excluding hydrogens is 451 g/mol. The van der Waals surface area contributed by atoms with E-state index in [0.717, 1.165) is 50.0 Å². The van der Waals surface area contributed by atoms with Gasteiger partial charge in [0.1, 0.15) is 0 Å². The van der Waals surface area contributed by atoms with Crippen molar-refractivity contribution >= 4 is 45.7 Å². The smallest absolute Gasteiger partial charge is 0.234 e. The molecule has 0 aliphatic carbocycles. The van der Waals surface area contributed by atoms with E-state index in [-0.39, 0.29) is 11.8 Å². The van der Waals surface area contributed by atoms with Gasteiger partial charge in [0.15, 0.2) is 0 Å². The molecule has 0 radical (unpaired) electrons. The largest absolute Gasteiger partial charge is 0.313 e. The summed E-state index contributed by atoms with van der Waals surface area (Å²) >= 11 is 12.9. The van der Waals surface area contributed by atoms with Crippen LogP contribution in [-0.2, 0) is 4.79 Å². The summed E-state index contributed by atoms with van der Waals surface area (Å²) in [6.07, 6.45) is 1.78. The van der Waals surface area contributed by atoms with Crippen LogP contribution >= 0.6 is 23.2 Å². The van der Waals surface area contributed by atoms with E-state index >= 15 is 0 Å². The normalized spacial score (nSPS) is 12.1. The monoisotopic (exact) mass is 476 g/mol. The van der Waals surface area contributed by atoms with Gasteiger partial charge in [-0.3, -0.25) is 9.78 Å². The van der Waals surface area contributed by atoms with Gasteiger partial charge in [-0.05, 0) is 56.0 Å². The zero-order valence-corrected chi connectivity index (χ0v) is 20.9. The third-order valence-electron chi connectivity index (χ3n) is 6.43. The number of aryl methyl sites for hydroxylation is 3. The van der Waals surface area contributed by atoms with Gasteiger partial charge in [-0.25, -0.2) is 0 Å². The molecule has 0 aliphatic heterocycles. The SMILES string of the molecule is Cc1ccccc1C(C)C(=O)N(C)c1cnc2c(-c3cccc(Cl)c3Cl)c(C)ccc2c1C. The highest BCUT2D eigenvalue weighted by Gasteiger charge is 2.24. The highest BCUT2D eigenvalue weighted by Crippen LogP contribution is 2.40. The number of aromatic nitrogens is 1. The Morgan fingerprint density at radius 3 is 2.39 bits per heavy atom. The Labute approximate surface area is 205 Å². The lowest BCUT2D eigenvalue weighted by atomic mass is 9.94. The Morgan fingerprint density at radius 2 is 1.67 bits per heavy atom. The van der Waals surface area contributed by atoms with Crippen molar-refractivity contribution in [1.82, 2.24) is 4.98 Å². The Balaban J connectivity index is 1.81. The number of hydrogen-bond acceptors (Lipinski definition) is 2. The molecule has 0 saturated heterocycles. The van der Waals surface area contributed by atoms with Gasteiger partial charge < -0.3 is 4.90 Å². The molecule has 4 aromatic rings. The number of carbonyl (C=O) groups excluding carboxylic acids is 1. The van der Waals surface area contributed by atoms with Gasteiger partial charge in [-0.2, -0.15) is 0 Å². The van der Waals surface area contributed by atoms with Crippen LogP contribution in [0.15, 0.2) is 60.8 Å². The maximum absolute atomic E-state index is 13.4. The molecule has 0 bridgehead atoms. The number of amides is 1. The van der Waals surface area contributed by atoms with E-state index in [2.05, 4.69) is 12.1 Å². The van der Waals surface area contributed by atoms with Gasteiger partial charge in [0, 0.05) is 23.6 Å². The zero-order valence-electron chi connectivity index (χ0n) is 19.4. The molecule has 5 heteroatoms. The van der Waals surface area contributed by atoms with Crippen molar-refractivity contribution in [3.05, 3.63) is 93.1 Å². The zero-order chi connectivity index (χ0) is 23.9. The molecule has 33 heavy (non-hydrogen) atoms. The number of nitrogens with zero attached hydrogens (tertiary/aromatic N) is 2. The number of likely N-dealkylation sites (N-methyl/N-ethyl adjacent to an activating group) is 1. The Hall–Kier alpha value is -2.88. The van der Waals surface area contributed by atoms with Crippen molar-refractivity contribution in [2.24, 2.45) is 0 Å². The number of carbonyl (C=O) groups is 1. The molecule has 0 fully saturated rings. The first-order valence-corrected chi connectivity index (χ1v) is 11.6. The van der Waals surface area contributed by atoms with E-state index in [9.17, 15) is 4.79 Å². The predicted octanol–water partition coefficient (Wildman–Crippen LogP) is 7.90. The first-order valence-electron chi connectivity index (χ1n) is 10.9. The molecule has 0 saturated carbocycles. The van der Waals surface area contributed by atoms with Crippen molar-refractivity contribution in [3.8, 4) is 11.1 Å². The molecule has 1 heterocycles. The van der Waals surface area contributed by atoms with Crippen molar-refractivity contribution < 1.29 is 4.79 Å². The lowest BCUT2D eigenvalue weighted by Crippen LogP contribution is -2.31. The standard InChI is InChI=1S/C28H26Cl2N2O/c1-16-9-6-7-10-20(16)19(4)28(33)32(5)24-15-31-27-21(18(24)3)14-13-17(2)25(27)22-11-8-12-23(29)26(22)30/h6-15,19H,1-5H3. The minimum atomic E-state index is -0.259. The summed E-state index contributed by atoms with van der Waals surface area (Å²) in [6.45, 7) is 8.05. The minimum Gasteiger partial charge on any atom is -0.313 e. The Bertz CT molecular complexity index is 1380. The number of pyridine rings is 1. The van der Waals surface area contributed by atoms with Crippen LogP contribution in [0.4, 0.5) is 5.69 Å². The highest BCUT2D eigenvalue weighted by atomic mass is 35.5. The molecule has 1 amide bonds. The van der Waals surface area contributed by atoms with Crippen LogP contribution in [-0.4, -0.2) is 17.9 Å². The molecule has 1 atom stereocenters. The van der Waals surface area contributed by atoms with Crippen LogP contribution in [0.2, 0.25) is 10.0 Å². The molecule has 168 valence electrons. The van der Waals surface area contributed by atoms with E-state index in [4.69, 9.17) is 28.2 Å². The third kappa shape index (κ3) is 4.12. The quantitative estimate of drug-likeness (QED) is 0.299. The van der Waals surface area contributed by atoms with E-state index < -0.39 is 0 Å². The number of anilines is 1. The summed E-state index contributed by atoms with van der Waals surface area (Å²) in [5.41, 5.74) is 7.64.